The summed E-state index contributed by atoms with van der Waals surface area (Å²) in [5.41, 5.74) is 0. The lowest BCUT2D eigenvalue weighted by Gasteiger charge is -2.09. The molecule has 1 fully saturated rings. The van der Waals surface area contributed by atoms with E-state index in [4.69, 9.17) is 0 Å². The lowest BCUT2D eigenvalue weighted by molar-refractivity contribution is 0.288. The van der Waals surface area contributed by atoms with Crippen LogP contribution in [0.5, 0.6) is 0 Å². The molecule has 0 amide bonds. The van der Waals surface area contributed by atoms with Gasteiger partial charge in [0.25, 0.3) is 0 Å². The third-order valence-corrected chi connectivity index (χ3v) is 1.65. The van der Waals surface area contributed by atoms with Crippen molar-refractivity contribution in [1.82, 2.24) is 5.32 Å². The van der Waals surface area contributed by atoms with Crippen LogP contribution in [0.3, 0.4) is 0 Å². The predicted octanol–water partition coefficient (Wildman–Crippen LogP) is 1.10. The largest absolute Gasteiger partial charge is 0.311 e. The van der Waals surface area contributed by atoms with Crippen molar-refractivity contribution in [2.75, 3.05) is 6.54 Å². The first-order chi connectivity index (χ1) is 3.80. The van der Waals surface area contributed by atoms with Crippen molar-refractivity contribution >= 4 is 0 Å². The summed E-state index contributed by atoms with van der Waals surface area (Å²) >= 11 is 0. The van der Waals surface area contributed by atoms with E-state index in [1.807, 2.05) is 0 Å². The fourth-order valence-corrected chi connectivity index (χ4v) is 1.10. The molecule has 2 atom stereocenters. The Morgan fingerprint density at radius 2 is 2.50 bits per heavy atom. The third-order valence-electron chi connectivity index (χ3n) is 1.65. The summed E-state index contributed by atoms with van der Waals surface area (Å²) in [6, 6.07) is 0.148. The fraction of sp³-hybridized carbons (Fsp3) is 1.00. The smallest absolute Gasteiger partial charge is 0.113 e. The van der Waals surface area contributed by atoms with E-state index in [0.717, 1.165) is 19.4 Å². The topological polar surface area (TPSA) is 12.0 Å². The van der Waals surface area contributed by atoms with E-state index in [-0.39, 0.29) is 6.04 Å². The van der Waals surface area contributed by atoms with Crippen molar-refractivity contribution < 1.29 is 4.39 Å². The molecule has 0 bridgehead atoms. The minimum absolute atomic E-state index is 0.148. The Bertz CT molecular complexity index is 66.9. The highest BCUT2D eigenvalue weighted by atomic mass is 19.1. The summed E-state index contributed by atoms with van der Waals surface area (Å²) in [5, 5.41) is 3.08. The van der Waals surface area contributed by atoms with E-state index in [1.165, 1.54) is 0 Å². The first-order valence-corrected chi connectivity index (χ1v) is 3.18. The van der Waals surface area contributed by atoms with Gasteiger partial charge in [-0.1, -0.05) is 0 Å². The minimum atomic E-state index is -0.669. The summed E-state index contributed by atoms with van der Waals surface area (Å²) in [6.07, 6.45) is 1.48. The Morgan fingerprint density at radius 1 is 1.75 bits per heavy atom. The normalized spacial score (nSPS) is 33.0. The Kier molecular flexibility index (Phi) is 1.84. The quantitative estimate of drug-likeness (QED) is 0.542. The van der Waals surface area contributed by atoms with Crippen molar-refractivity contribution in [3.8, 4) is 0 Å². The molecule has 1 saturated heterocycles. The molecule has 1 rings (SSSR count). The summed E-state index contributed by atoms with van der Waals surface area (Å²) in [6.45, 7) is 2.61. The van der Waals surface area contributed by atoms with Gasteiger partial charge in [-0.05, 0) is 26.3 Å². The summed E-state index contributed by atoms with van der Waals surface area (Å²) < 4.78 is 12.3. The van der Waals surface area contributed by atoms with Gasteiger partial charge < -0.3 is 5.32 Å². The number of halogens is 1. The number of hydrogen-bond acceptors (Lipinski definition) is 1. The highest BCUT2D eigenvalue weighted by molar-refractivity contribution is 4.78. The minimum Gasteiger partial charge on any atom is -0.311 e. The van der Waals surface area contributed by atoms with Gasteiger partial charge in [0.2, 0.25) is 0 Å². The molecule has 0 spiro atoms. The Hall–Kier alpha value is -0.110. The molecule has 0 aromatic carbocycles. The SMILES string of the molecule is C[C@@H](F)[C@H]1CCCN1. The van der Waals surface area contributed by atoms with Gasteiger partial charge in [-0.15, -0.1) is 0 Å². The predicted molar refractivity (Wildman–Crippen MR) is 31.6 cm³/mol. The van der Waals surface area contributed by atoms with E-state index in [9.17, 15) is 4.39 Å². The van der Waals surface area contributed by atoms with Crippen molar-refractivity contribution in [3.05, 3.63) is 0 Å². The monoisotopic (exact) mass is 117 g/mol. The summed E-state index contributed by atoms with van der Waals surface area (Å²) in [7, 11) is 0. The van der Waals surface area contributed by atoms with E-state index in [0.29, 0.717) is 0 Å². The molecule has 0 aromatic rings. The van der Waals surface area contributed by atoms with Crippen LogP contribution < -0.4 is 5.32 Å². The second-order valence-electron chi connectivity index (χ2n) is 2.38. The van der Waals surface area contributed by atoms with E-state index < -0.39 is 6.17 Å². The van der Waals surface area contributed by atoms with Crippen LogP contribution in [0.25, 0.3) is 0 Å². The van der Waals surface area contributed by atoms with E-state index >= 15 is 0 Å². The van der Waals surface area contributed by atoms with Gasteiger partial charge in [0.15, 0.2) is 0 Å². The third kappa shape index (κ3) is 1.19. The second-order valence-corrected chi connectivity index (χ2v) is 2.38. The number of nitrogens with one attached hydrogen (secondary N) is 1. The van der Waals surface area contributed by atoms with Crippen LogP contribution in [0.2, 0.25) is 0 Å². The Morgan fingerprint density at radius 3 is 2.75 bits per heavy atom. The van der Waals surface area contributed by atoms with Gasteiger partial charge in [0.05, 0.1) is 0 Å². The van der Waals surface area contributed by atoms with Crippen LogP contribution >= 0.6 is 0 Å². The molecule has 0 aromatic heterocycles. The molecule has 8 heavy (non-hydrogen) atoms. The van der Waals surface area contributed by atoms with Crippen molar-refractivity contribution in [2.45, 2.75) is 32.0 Å². The molecule has 1 N–H and O–H groups in total. The van der Waals surface area contributed by atoms with Crippen molar-refractivity contribution in [2.24, 2.45) is 0 Å². The molecular weight excluding hydrogens is 105 g/mol. The Balaban J connectivity index is 2.24. The van der Waals surface area contributed by atoms with Crippen LogP contribution in [0.1, 0.15) is 19.8 Å². The van der Waals surface area contributed by atoms with Crippen molar-refractivity contribution in [1.29, 1.82) is 0 Å². The van der Waals surface area contributed by atoms with Gasteiger partial charge in [-0.3, -0.25) is 0 Å². The lowest BCUT2D eigenvalue weighted by Crippen LogP contribution is -2.29. The zero-order chi connectivity index (χ0) is 5.98. The van der Waals surface area contributed by atoms with E-state index in [2.05, 4.69) is 5.32 Å². The zero-order valence-electron chi connectivity index (χ0n) is 5.15. The van der Waals surface area contributed by atoms with Gasteiger partial charge in [-0.25, -0.2) is 4.39 Å². The van der Waals surface area contributed by atoms with Gasteiger partial charge in [0, 0.05) is 6.04 Å². The molecule has 0 radical (unpaired) electrons. The second kappa shape index (κ2) is 2.44. The summed E-state index contributed by atoms with van der Waals surface area (Å²) in [4.78, 5) is 0. The highest BCUT2D eigenvalue weighted by Gasteiger charge is 2.19. The molecule has 0 aliphatic carbocycles. The number of hydrogen-bond donors (Lipinski definition) is 1. The molecule has 48 valence electrons. The van der Waals surface area contributed by atoms with Crippen LogP contribution in [-0.4, -0.2) is 18.8 Å². The lowest BCUT2D eigenvalue weighted by atomic mass is 10.1. The number of rotatable bonds is 1. The molecule has 1 nitrogen and oxygen atoms in total. The van der Waals surface area contributed by atoms with Crippen LogP contribution in [0.15, 0.2) is 0 Å². The molecule has 0 unspecified atom stereocenters. The molecular formula is C6H12FN. The highest BCUT2D eigenvalue weighted by Crippen LogP contribution is 2.10. The van der Waals surface area contributed by atoms with Gasteiger partial charge in [0.1, 0.15) is 6.17 Å². The average molecular weight is 117 g/mol. The zero-order valence-corrected chi connectivity index (χ0v) is 5.15. The number of alkyl halides is 1. The molecule has 1 heterocycles. The maximum Gasteiger partial charge on any atom is 0.113 e. The van der Waals surface area contributed by atoms with Crippen LogP contribution in [-0.2, 0) is 0 Å². The molecule has 2 heteroatoms. The molecule has 1 aliphatic heterocycles. The van der Waals surface area contributed by atoms with Gasteiger partial charge in [-0.2, -0.15) is 0 Å². The maximum absolute atomic E-state index is 12.3. The fourth-order valence-electron chi connectivity index (χ4n) is 1.10. The van der Waals surface area contributed by atoms with Crippen molar-refractivity contribution in [3.63, 3.8) is 0 Å². The maximum atomic E-state index is 12.3. The van der Waals surface area contributed by atoms with E-state index in [1.54, 1.807) is 6.92 Å². The Labute approximate surface area is 49.3 Å². The summed E-state index contributed by atoms with van der Waals surface area (Å²) in [5.74, 6) is 0. The first-order valence-electron chi connectivity index (χ1n) is 3.18. The average Bonchev–Trinajstić information content (AvgIpc) is 2.12. The molecule has 1 aliphatic rings. The van der Waals surface area contributed by atoms with Gasteiger partial charge >= 0.3 is 0 Å². The van der Waals surface area contributed by atoms with Crippen LogP contribution in [0.4, 0.5) is 4.39 Å². The molecule has 0 saturated carbocycles. The first kappa shape index (κ1) is 6.02. The standard InChI is InChI=1S/C6H12FN/c1-5(7)6-3-2-4-8-6/h5-6,8H,2-4H2,1H3/t5-,6-/m1/s1. The van der Waals surface area contributed by atoms with Crippen LogP contribution in [0, 0.1) is 0 Å².